The van der Waals surface area contributed by atoms with Gasteiger partial charge < -0.3 is 4.90 Å². The first-order chi connectivity index (χ1) is 13.0. The molecular formula is C24H27F2N. The van der Waals surface area contributed by atoms with Gasteiger partial charge in [-0.2, -0.15) is 0 Å². The topological polar surface area (TPSA) is 3.24 Å². The fraction of sp³-hybridized carbons (Fsp3) is 0.250. The van der Waals surface area contributed by atoms with Crippen molar-refractivity contribution in [1.29, 1.82) is 0 Å². The lowest BCUT2D eigenvalue weighted by atomic mass is 10.1. The van der Waals surface area contributed by atoms with Gasteiger partial charge in [0.05, 0.1) is 6.33 Å². The second-order valence-corrected chi connectivity index (χ2v) is 6.72. The van der Waals surface area contributed by atoms with Crippen LogP contribution < -0.4 is 4.90 Å². The molecule has 1 unspecified atom stereocenters. The Bertz CT molecular complexity index is 807. The maximum atomic E-state index is 14.8. The van der Waals surface area contributed by atoms with Crippen molar-refractivity contribution in [2.24, 2.45) is 0 Å². The summed E-state index contributed by atoms with van der Waals surface area (Å²) in [5.41, 5.74) is 2.34. The minimum atomic E-state index is -1.54. The molecule has 0 amide bonds. The summed E-state index contributed by atoms with van der Waals surface area (Å²) in [5.74, 6) is 0. The number of hydrogen-bond acceptors (Lipinski definition) is 1. The zero-order chi connectivity index (χ0) is 19.7. The quantitative estimate of drug-likeness (QED) is 0.458. The third kappa shape index (κ3) is 6.21. The second-order valence-electron chi connectivity index (χ2n) is 6.72. The van der Waals surface area contributed by atoms with Crippen LogP contribution in [0.4, 0.5) is 14.5 Å². The van der Waals surface area contributed by atoms with Crippen LogP contribution in [0.25, 0.3) is 0 Å². The number of aryl methyl sites for hydroxylation is 1. The van der Waals surface area contributed by atoms with E-state index in [1.54, 1.807) is 37.3 Å². The van der Waals surface area contributed by atoms with Gasteiger partial charge in [-0.15, -0.1) is 0 Å². The average Bonchev–Trinajstić information content (AvgIpc) is 2.79. The molecule has 0 saturated carbocycles. The first kappa shape index (κ1) is 20.6. The summed E-state index contributed by atoms with van der Waals surface area (Å²) in [6.07, 6.45) is 17.6. The Hall–Kier alpha value is -2.68. The van der Waals surface area contributed by atoms with E-state index in [0.717, 1.165) is 35.5 Å². The Morgan fingerprint density at radius 3 is 2.70 bits per heavy atom. The number of allylic oxidation sites excluding steroid dienone is 10. The molecule has 142 valence electrons. The fourth-order valence-electron chi connectivity index (χ4n) is 2.97. The Kier molecular flexibility index (Phi) is 7.54. The Morgan fingerprint density at radius 2 is 2.00 bits per heavy atom. The molecule has 1 aliphatic rings. The van der Waals surface area contributed by atoms with Crippen LogP contribution in [-0.4, -0.2) is 5.67 Å². The summed E-state index contributed by atoms with van der Waals surface area (Å²) >= 11 is 0. The molecule has 3 heteroatoms. The molecule has 0 aromatic heterocycles. The molecule has 0 bridgehead atoms. The highest BCUT2D eigenvalue weighted by atomic mass is 19.1. The molecule has 0 fully saturated rings. The molecule has 1 aromatic rings. The van der Waals surface area contributed by atoms with Crippen LogP contribution in [0, 0.1) is 6.92 Å². The summed E-state index contributed by atoms with van der Waals surface area (Å²) in [6, 6.07) is 8.13. The molecule has 1 nitrogen and oxygen atoms in total. The van der Waals surface area contributed by atoms with E-state index in [0.29, 0.717) is 6.33 Å². The molecule has 0 N–H and O–H groups in total. The van der Waals surface area contributed by atoms with Crippen LogP contribution in [0.15, 0.2) is 96.7 Å². The molecule has 1 aromatic carbocycles. The predicted octanol–water partition coefficient (Wildman–Crippen LogP) is 7.26. The first-order valence-electron chi connectivity index (χ1n) is 9.24. The number of rotatable bonds is 7. The lowest BCUT2D eigenvalue weighted by Crippen LogP contribution is -2.23. The molecule has 2 rings (SSSR count). The molecule has 27 heavy (non-hydrogen) atoms. The van der Waals surface area contributed by atoms with Crippen molar-refractivity contribution < 1.29 is 8.78 Å². The van der Waals surface area contributed by atoms with Crippen LogP contribution in [0.5, 0.6) is 0 Å². The molecular weight excluding hydrogens is 340 g/mol. The third-order valence-electron chi connectivity index (χ3n) is 4.13. The molecule has 1 aliphatic carbocycles. The maximum absolute atomic E-state index is 14.8. The van der Waals surface area contributed by atoms with Gasteiger partial charge in [0, 0.05) is 17.1 Å². The first-order valence-corrected chi connectivity index (χ1v) is 9.24. The van der Waals surface area contributed by atoms with E-state index in [1.165, 1.54) is 6.08 Å². The summed E-state index contributed by atoms with van der Waals surface area (Å²) < 4.78 is 27.0. The second kappa shape index (κ2) is 9.86. The van der Waals surface area contributed by atoms with Gasteiger partial charge in [0.1, 0.15) is 5.67 Å². The fourth-order valence-corrected chi connectivity index (χ4v) is 2.97. The summed E-state index contributed by atoms with van der Waals surface area (Å²) in [6.45, 7) is 5.68. The number of alkyl halides is 1. The zero-order valence-electron chi connectivity index (χ0n) is 16.2. The van der Waals surface area contributed by atoms with Crippen LogP contribution in [-0.2, 0) is 0 Å². The highest BCUT2D eigenvalue weighted by molar-refractivity contribution is 5.63. The van der Waals surface area contributed by atoms with E-state index >= 15 is 0 Å². The molecule has 0 radical (unpaired) electrons. The Labute approximate surface area is 161 Å². The molecule has 0 saturated heterocycles. The van der Waals surface area contributed by atoms with Gasteiger partial charge in [-0.05, 0) is 68.3 Å². The van der Waals surface area contributed by atoms with Crippen molar-refractivity contribution in [1.82, 2.24) is 0 Å². The Morgan fingerprint density at radius 1 is 1.19 bits per heavy atom. The highest BCUT2D eigenvalue weighted by Crippen LogP contribution is 2.31. The molecule has 0 spiro atoms. The highest BCUT2D eigenvalue weighted by Gasteiger charge is 2.22. The van der Waals surface area contributed by atoms with Gasteiger partial charge in [-0.1, -0.05) is 49.8 Å². The predicted molar refractivity (Wildman–Crippen MR) is 112 cm³/mol. The van der Waals surface area contributed by atoms with Gasteiger partial charge >= 0.3 is 0 Å². The van der Waals surface area contributed by atoms with Crippen molar-refractivity contribution in [3.8, 4) is 0 Å². The number of nitrogens with zero attached hydrogens (tertiary/aromatic N) is 1. The number of hydrogen-bond donors (Lipinski definition) is 0. The minimum Gasteiger partial charge on any atom is -0.314 e. The SMILES string of the molecule is CCC\C(=C/C=C\C=C\F)N(C1=CC(C)(F)C=CC=C1)c1cccc(C)c1. The lowest BCUT2D eigenvalue weighted by Gasteiger charge is -2.30. The van der Waals surface area contributed by atoms with E-state index < -0.39 is 5.67 Å². The van der Waals surface area contributed by atoms with Gasteiger partial charge in [0.15, 0.2) is 0 Å². The Balaban J connectivity index is 2.59. The van der Waals surface area contributed by atoms with Crippen molar-refractivity contribution in [2.75, 3.05) is 4.90 Å². The van der Waals surface area contributed by atoms with E-state index in [-0.39, 0.29) is 0 Å². The minimum absolute atomic E-state index is 0.499. The van der Waals surface area contributed by atoms with Gasteiger partial charge in [-0.3, -0.25) is 0 Å². The van der Waals surface area contributed by atoms with E-state index in [4.69, 9.17) is 0 Å². The summed E-state index contributed by atoms with van der Waals surface area (Å²) in [4.78, 5) is 2.07. The van der Waals surface area contributed by atoms with Crippen molar-refractivity contribution in [3.63, 3.8) is 0 Å². The third-order valence-corrected chi connectivity index (χ3v) is 4.13. The van der Waals surface area contributed by atoms with Crippen LogP contribution >= 0.6 is 0 Å². The van der Waals surface area contributed by atoms with Crippen LogP contribution in [0.3, 0.4) is 0 Å². The smallest absolute Gasteiger partial charge is 0.147 e. The molecule has 0 aliphatic heterocycles. The molecule has 0 heterocycles. The largest absolute Gasteiger partial charge is 0.314 e. The van der Waals surface area contributed by atoms with Gasteiger partial charge in [0.25, 0.3) is 0 Å². The van der Waals surface area contributed by atoms with Crippen molar-refractivity contribution >= 4 is 5.69 Å². The van der Waals surface area contributed by atoms with E-state index in [9.17, 15) is 8.78 Å². The average molecular weight is 367 g/mol. The number of benzene rings is 1. The van der Waals surface area contributed by atoms with Gasteiger partial charge in [0.2, 0.25) is 0 Å². The summed E-state index contributed by atoms with van der Waals surface area (Å²) in [7, 11) is 0. The number of anilines is 1. The molecule has 1 atom stereocenters. The zero-order valence-corrected chi connectivity index (χ0v) is 16.2. The van der Waals surface area contributed by atoms with E-state index in [2.05, 4.69) is 17.9 Å². The summed E-state index contributed by atoms with van der Waals surface area (Å²) in [5, 5.41) is 0. The van der Waals surface area contributed by atoms with Crippen molar-refractivity contribution in [2.45, 2.75) is 39.3 Å². The number of halogens is 2. The van der Waals surface area contributed by atoms with Crippen LogP contribution in [0.1, 0.15) is 32.3 Å². The van der Waals surface area contributed by atoms with Gasteiger partial charge in [-0.25, -0.2) is 8.78 Å². The lowest BCUT2D eigenvalue weighted by molar-refractivity contribution is 0.327. The monoisotopic (exact) mass is 367 g/mol. The normalized spacial score (nSPS) is 20.3. The standard InChI is InChI=1S/C24H27F2N/c1-4-11-21(13-6-5-9-17-25)27(22-15-10-12-20(2)18-22)23-14-7-8-16-24(3,26)19-23/h5-10,12-19H,4,11H2,1-3H3/b6-5-,17-9+,21-13+. The van der Waals surface area contributed by atoms with Crippen LogP contribution in [0.2, 0.25) is 0 Å². The maximum Gasteiger partial charge on any atom is 0.147 e. The van der Waals surface area contributed by atoms with Crippen molar-refractivity contribution in [3.05, 3.63) is 102 Å². The van der Waals surface area contributed by atoms with E-state index in [1.807, 2.05) is 43.4 Å².